The molecule has 0 spiro atoms. The molecule has 0 radical (unpaired) electrons. The van der Waals surface area contributed by atoms with E-state index in [2.05, 4.69) is 11.4 Å². The van der Waals surface area contributed by atoms with Crippen LogP contribution >= 0.6 is 0 Å². The van der Waals surface area contributed by atoms with Gasteiger partial charge >= 0.3 is 0 Å². The molecular weight excluding hydrogens is 222 g/mol. The van der Waals surface area contributed by atoms with E-state index in [1.54, 1.807) is 7.05 Å². The molecule has 4 heteroatoms. The van der Waals surface area contributed by atoms with E-state index < -0.39 is 11.6 Å². The van der Waals surface area contributed by atoms with Crippen LogP contribution in [0.25, 0.3) is 0 Å². The molecule has 0 heterocycles. The highest BCUT2D eigenvalue weighted by Crippen LogP contribution is 2.28. The monoisotopic (exact) mass is 238 g/mol. The fourth-order valence-corrected chi connectivity index (χ4v) is 1.87. The summed E-state index contributed by atoms with van der Waals surface area (Å²) >= 11 is 0. The van der Waals surface area contributed by atoms with Gasteiger partial charge in [-0.15, -0.1) is 0 Å². The van der Waals surface area contributed by atoms with Gasteiger partial charge in [0.1, 0.15) is 0 Å². The van der Waals surface area contributed by atoms with Crippen molar-refractivity contribution in [1.82, 2.24) is 5.32 Å². The maximum Gasteiger partial charge on any atom is 0.159 e. The number of nitrogens with zero attached hydrogens (tertiary/aromatic N) is 1. The largest absolute Gasteiger partial charge is 0.312 e. The second kappa shape index (κ2) is 5.74. The number of rotatable bonds is 4. The number of nitrogens with one attached hydrogen (secondary N) is 1. The Kier molecular flexibility index (Phi) is 4.59. The molecule has 17 heavy (non-hydrogen) atoms. The van der Waals surface area contributed by atoms with Gasteiger partial charge in [-0.2, -0.15) is 5.26 Å². The second-order valence-corrected chi connectivity index (χ2v) is 4.34. The number of halogens is 2. The molecule has 0 bridgehead atoms. The molecule has 0 aromatic heterocycles. The van der Waals surface area contributed by atoms with Gasteiger partial charge in [-0.1, -0.05) is 19.9 Å². The lowest BCUT2D eigenvalue weighted by Crippen LogP contribution is -2.27. The summed E-state index contributed by atoms with van der Waals surface area (Å²) in [5.41, 5.74) is 0.589. The smallest absolute Gasteiger partial charge is 0.159 e. The third-order valence-electron chi connectivity index (χ3n) is 2.84. The predicted molar refractivity (Wildman–Crippen MR) is 62.1 cm³/mol. The Hall–Kier alpha value is -1.47. The highest BCUT2D eigenvalue weighted by atomic mass is 19.2. The van der Waals surface area contributed by atoms with E-state index >= 15 is 0 Å². The minimum atomic E-state index is -0.886. The maximum absolute atomic E-state index is 13.2. The zero-order chi connectivity index (χ0) is 13.0. The SMILES string of the molecule is CNC(c1ccc(F)c(F)c1)C(C#N)C(C)C. The summed E-state index contributed by atoms with van der Waals surface area (Å²) in [7, 11) is 1.71. The van der Waals surface area contributed by atoms with Crippen LogP contribution < -0.4 is 5.32 Å². The van der Waals surface area contributed by atoms with Gasteiger partial charge in [0.2, 0.25) is 0 Å². The highest BCUT2D eigenvalue weighted by Gasteiger charge is 2.25. The van der Waals surface area contributed by atoms with Crippen molar-refractivity contribution in [3.05, 3.63) is 35.4 Å². The zero-order valence-corrected chi connectivity index (χ0v) is 10.2. The third kappa shape index (κ3) is 3.01. The quantitative estimate of drug-likeness (QED) is 0.875. The molecule has 0 aliphatic heterocycles. The van der Waals surface area contributed by atoms with Crippen LogP contribution in [0.5, 0.6) is 0 Å². The third-order valence-corrected chi connectivity index (χ3v) is 2.84. The van der Waals surface area contributed by atoms with Gasteiger partial charge in [-0.25, -0.2) is 8.78 Å². The molecule has 1 aromatic carbocycles. The normalized spacial score (nSPS) is 14.4. The van der Waals surface area contributed by atoms with E-state index in [4.69, 9.17) is 5.26 Å². The molecule has 92 valence electrons. The van der Waals surface area contributed by atoms with E-state index in [-0.39, 0.29) is 17.9 Å². The first kappa shape index (κ1) is 13.6. The molecule has 0 saturated heterocycles. The Labute approximate surface area is 100 Å². The molecular formula is C13H16F2N2. The first-order valence-corrected chi connectivity index (χ1v) is 5.53. The van der Waals surface area contributed by atoms with E-state index in [0.29, 0.717) is 5.56 Å². The summed E-state index contributed by atoms with van der Waals surface area (Å²) in [6, 6.07) is 5.65. The average molecular weight is 238 g/mol. The molecule has 2 unspecified atom stereocenters. The van der Waals surface area contributed by atoms with Gasteiger partial charge in [-0.05, 0) is 30.7 Å². The first-order valence-electron chi connectivity index (χ1n) is 5.53. The fourth-order valence-electron chi connectivity index (χ4n) is 1.87. The Morgan fingerprint density at radius 3 is 2.29 bits per heavy atom. The lowest BCUT2D eigenvalue weighted by molar-refractivity contribution is 0.361. The molecule has 1 aromatic rings. The van der Waals surface area contributed by atoms with E-state index in [1.165, 1.54) is 6.07 Å². The van der Waals surface area contributed by atoms with Crippen LogP contribution in [-0.2, 0) is 0 Å². The topological polar surface area (TPSA) is 35.8 Å². The van der Waals surface area contributed by atoms with Crippen molar-refractivity contribution < 1.29 is 8.78 Å². The molecule has 0 amide bonds. The zero-order valence-electron chi connectivity index (χ0n) is 10.2. The summed E-state index contributed by atoms with van der Waals surface area (Å²) in [6.07, 6.45) is 0. The molecule has 0 saturated carbocycles. The summed E-state index contributed by atoms with van der Waals surface area (Å²) in [6.45, 7) is 3.86. The molecule has 1 rings (SSSR count). The maximum atomic E-state index is 13.2. The van der Waals surface area contributed by atoms with Gasteiger partial charge in [0, 0.05) is 6.04 Å². The first-order chi connectivity index (χ1) is 8.01. The molecule has 2 atom stereocenters. The molecule has 0 aliphatic rings. The van der Waals surface area contributed by atoms with Gasteiger partial charge in [0.15, 0.2) is 11.6 Å². The second-order valence-electron chi connectivity index (χ2n) is 4.34. The van der Waals surface area contributed by atoms with E-state index in [9.17, 15) is 8.78 Å². The van der Waals surface area contributed by atoms with Crippen molar-refractivity contribution in [2.45, 2.75) is 19.9 Å². The van der Waals surface area contributed by atoms with Crippen LogP contribution in [0.2, 0.25) is 0 Å². The van der Waals surface area contributed by atoms with Crippen molar-refractivity contribution in [1.29, 1.82) is 5.26 Å². The highest BCUT2D eigenvalue weighted by molar-refractivity contribution is 5.23. The number of hydrogen-bond acceptors (Lipinski definition) is 2. The Morgan fingerprint density at radius 1 is 1.24 bits per heavy atom. The Morgan fingerprint density at radius 2 is 1.88 bits per heavy atom. The summed E-state index contributed by atoms with van der Waals surface area (Å²) in [4.78, 5) is 0. The minimum Gasteiger partial charge on any atom is -0.312 e. The number of benzene rings is 1. The van der Waals surface area contributed by atoms with Crippen LogP contribution in [0.3, 0.4) is 0 Å². The number of hydrogen-bond donors (Lipinski definition) is 1. The Bertz CT molecular complexity index is 424. The van der Waals surface area contributed by atoms with Gasteiger partial charge in [0.05, 0.1) is 12.0 Å². The lowest BCUT2D eigenvalue weighted by Gasteiger charge is -2.24. The molecule has 0 fully saturated rings. The van der Waals surface area contributed by atoms with Crippen LogP contribution in [0, 0.1) is 34.8 Å². The average Bonchev–Trinajstić information content (AvgIpc) is 2.29. The van der Waals surface area contributed by atoms with Crippen LogP contribution in [0.1, 0.15) is 25.5 Å². The van der Waals surface area contributed by atoms with E-state index in [0.717, 1.165) is 12.1 Å². The van der Waals surface area contributed by atoms with Crippen molar-refractivity contribution >= 4 is 0 Å². The van der Waals surface area contributed by atoms with Gasteiger partial charge < -0.3 is 5.32 Å². The molecule has 2 nitrogen and oxygen atoms in total. The predicted octanol–water partition coefficient (Wildman–Crippen LogP) is 3.02. The lowest BCUT2D eigenvalue weighted by atomic mass is 9.85. The van der Waals surface area contributed by atoms with Crippen molar-refractivity contribution in [3.63, 3.8) is 0 Å². The van der Waals surface area contributed by atoms with Gasteiger partial charge in [0.25, 0.3) is 0 Å². The standard InChI is InChI=1S/C13H16F2N2/c1-8(2)10(7-16)13(17-3)9-4-5-11(14)12(15)6-9/h4-6,8,10,13,17H,1-3H3. The summed E-state index contributed by atoms with van der Waals surface area (Å²) in [5, 5.41) is 12.1. The Balaban J connectivity index is 3.09. The number of nitriles is 1. The van der Waals surface area contributed by atoms with Crippen molar-refractivity contribution in [3.8, 4) is 6.07 Å². The fraction of sp³-hybridized carbons (Fsp3) is 0.462. The van der Waals surface area contributed by atoms with Crippen LogP contribution in [0.4, 0.5) is 8.78 Å². The summed E-state index contributed by atoms with van der Waals surface area (Å²) in [5.74, 6) is -1.92. The molecule has 1 N–H and O–H groups in total. The summed E-state index contributed by atoms with van der Waals surface area (Å²) < 4.78 is 26.0. The van der Waals surface area contributed by atoms with Crippen LogP contribution in [-0.4, -0.2) is 7.05 Å². The van der Waals surface area contributed by atoms with Crippen molar-refractivity contribution in [2.24, 2.45) is 11.8 Å². The van der Waals surface area contributed by atoms with Crippen molar-refractivity contribution in [2.75, 3.05) is 7.05 Å². The molecule has 0 aliphatic carbocycles. The van der Waals surface area contributed by atoms with Gasteiger partial charge in [-0.3, -0.25) is 0 Å². The minimum absolute atomic E-state index is 0.130. The van der Waals surface area contributed by atoms with Crippen LogP contribution in [0.15, 0.2) is 18.2 Å². The van der Waals surface area contributed by atoms with E-state index in [1.807, 2.05) is 13.8 Å².